The summed E-state index contributed by atoms with van der Waals surface area (Å²) >= 11 is 1.64. The van der Waals surface area contributed by atoms with Crippen LogP contribution in [0.1, 0.15) is 6.92 Å². The maximum Gasteiger partial charge on any atom is 0.294 e. The average Bonchev–Trinajstić information content (AvgIpc) is 2.85. The summed E-state index contributed by atoms with van der Waals surface area (Å²) in [4.78, 5) is 8.22. The number of H-pyrrole nitrogens is 1. The lowest BCUT2D eigenvalue weighted by Crippen LogP contribution is -2.13. The number of hydrogen-bond donors (Lipinski definition) is 2. The molecule has 5 heteroatoms. The summed E-state index contributed by atoms with van der Waals surface area (Å²) < 4.78 is 5.23. The van der Waals surface area contributed by atoms with Crippen molar-refractivity contribution in [1.29, 1.82) is 0 Å². The fraction of sp³-hybridized carbons (Fsp3) is 0.300. The molecule has 1 unspecified atom stereocenters. The van der Waals surface area contributed by atoms with Gasteiger partial charge in [0, 0.05) is 0 Å². The topological polar surface area (TPSA) is 58.1 Å². The van der Waals surface area contributed by atoms with Gasteiger partial charge in [-0.25, -0.2) is 4.98 Å². The number of aliphatic hydroxyl groups is 1. The maximum atomic E-state index is 9.04. The van der Waals surface area contributed by atoms with E-state index in [1.807, 2.05) is 17.5 Å². The SMILES string of the molecule is CC(O)COc1ncc(-c2cccs2)[nH]1. The van der Waals surface area contributed by atoms with Crippen molar-refractivity contribution in [1.82, 2.24) is 9.97 Å². The van der Waals surface area contributed by atoms with Crippen molar-refractivity contribution in [2.75, 3.05) is 6.61 Å². The van der Waals surface area contributed by atoms with E-state index in [0.717, 1.165) is 10.6 Å². The second-order valence-corrected chi connectivity index (χ2v) is 4.19. The quantitative estimate of drug-likeness (QED) is 0.834. The van der Waals surface area contributed by atoms with Gasteiger partial charge < -0.3 is 14.8 Å². The second-order valence-electron chi connectivity index (χ2n) is 3.24. The van der Waals surface area contributed by atoms with Gasteiger partial charge in [0.25, 0.3) is 6.01 Å². The highest BCUT2D eigenvalue weighted by Crippen LogP contribution is 2.23. The van der Waals surface area contributed by atoms with Gasteiger partial charge in [0.1, 0.15) is 6.61 Å². The Kier molecular flexibility index (Phi) is 3.03. The molecule has 15 heavy (non-hydrogen) atoms. The van der Waals surface area contributed by atoms with Crippen LogP contribution in [0, 0.1) is 0 Å². The first-order valence-corrected chi connectivity index (χ1v) is 5.53. The molecule has 2 aromatic heterocycles. The third-order valence-electron chi connectivity index (χ3n) is 1.80. The summed E-state index contributed by atoms with van der Waals surface area (Å²) in [5.74, 6) is 0. The minimum atomic E-state index is -0.486. The lowest BCUT2D eigenvalue weighted by Gasteiger charge is -2.03. The van der Waals surface area contributed by atoms with Gasteiger partial charge in [-0.2, -0.15) is 0 Å². The Labute approximate surface area is 91.6 Å². The number of rotatable bonds is 4. The van der Waals surface area contributed by atoms with Crippen LogP contribution in [0.25, 0.3) is 10.6 Å². The molecular weight excluding hydrogens is 212 g/mol. The van der Waals surface area contributed by atoms with Gasteiger partial charge in [0.05, 0.1) is 22.9 Å². The molecule has 2 rings (SSSR count). The highest BCUT2D eigenvalue weighted by molar-refractivity contribution is 7.13. The molecule has 1 atom stereocenters. The molecule has 0 radical (unpaired) electrons. The van der Waals surface area contributed by atoms with Gasteiger partial charge in [-0.15, -0.1) is 11.3 Å². The van der Waals surface area contributed by atoms with E-state index in [0.29, 0.717) is 6.01 Å². The van der Waals surface area contributed by atoms with Crippen molar-refractivity contribution in [3.63, 3.8) is 0 Å². The Morgan fingerprint density at radius 2 is 2.53 bits per heavy atom. The second kappa shape index (κ2) is 4.46. The third-order valence-corrected chi connectivity index (χ3v) is 2.70. The summed E-state index contributed by atoms with van der Waals surface area (Å²) in [6.45, 7) is 1.92. The van der Waals surface area contributed by atoms with Crippen molar-refractivity contribution < 1.29 is 9.84 Å². The molecule has 0 spiro atoms. The summed E-state index contributed by atoms with van der Waals surface area (Å²) in [6, 6.07) is 4.44. The zero-order valence-electron chi connectivity index (χ0n) is 8.30. The van der Waals surface area contributed by atoms with E-state index in [4.69, 9.17) is 9.84 Å². The van der Waals surface area contributed by atoms with Gasteiger partial charge >= 0.3 is 0 Å². The van der Waals surface area contributed by atoms with Gasteiger partial charge in [-0.05, 0) is 18.4 Å². The maximum absolute atomic E-state index is 9.04. The van der Waals surface area contributed by atoms with E-state index < -0.39 is 6.10 Å². The van der Waals surface area contributed by atoms with Crippen LogP contribution in [-0.2, 0) is 0 Å². The van der Waals surface area contributed by atoms with Crippen molar-refractivity contribution in [3.8, 4) is 16.6 Å². The van der Waals surface area contributed by atoms with Crippen LogP contribution in [0.15, 0.2) is 23.7 Å². The molecule has 4 nitrogen and oxygen atoms in total. The van der Waals surface area contributed by atoms with Crippen LogP contribution in [-0.4, -0.2) is 27.8 Å². The molecule has 0 bridgehead atoms. The number of imidazole rings is 1. The fourth-order valence-electron chi connectivity index (χ4n) is 1.13. The Balaban J connectivity index is 2.04. The summed E-state index contributed by atoms with van der Waals surface area (Å²) in [5, 5.41) is 11.0. The molecule has 0 fully saturated rings. The van der Waals surface area contributed by atoms with Crippen molar-refractivity contribution in [2.45, 2.75) is 13.0 Å². The van der Waals surface area contributed by atoms with E-state index in [2.05, 4.69) is 9.97 Å². The first kappa shape index (κ1) is 10.2. The van der Waals surface area contributed by atoms with Crippen LogP contribution in [0.5, 0.6) is 6.01 Å². The average molecular weight is 224 g/mol. The Morgan fingerprint density at radius 3 is 3.20 bits per heavy atom. The zero-order chi connectivity index (χ0) is 10.7. The number of aromatic amines is 1. The molecule has 0 aromatic carbocycles. The summed E-state index contributed by atoms with van der Waals surface area (Å²) in [6.07, 6.45) is 1.24. The van der Waals surface area contributed by atoms with Crippen LogP contribution in [0.2, 0.25) is 0 Å². The minimum absolute atomic E-state index is 0.247. The highest BCUT2D eigenvalue weighted by Gasteiger charge is 2.05. The fourth-order valence-corrected chi connectivity index (χ4v) is 1.82. The number of nitrogens with zero attached hydrogens (tertiary/aromatic N) is 1. The highest BCUT2D eigenvalue weighted by atomic mass is 32.1. The lowest BCUT2D eigenvalue weighted by atomic mass is 10.4. The van der Waals surface area contributed by atoms with Crippen LogP contribution < -0.4 is 4.74 Å². The van der Waals surface area contributed by atoms with E-state index >= 15 is 0 Å². The van der Waals surface area contributed by atoms with E-state index in [1.54, 1.807) is 24.5 Å². The normalized spacial score (nSPS) is 12.7. The van der Waals surface area contributed by atoms with E-state index in [-0.39, 0.29) is 6.61 Å². The third kappa shape index (κ3) is 2.57. The molecule has 2 heterocycles. The van der Waals surface area contributed by atoms with E-state index in [1.165, 1.54) is 0 Å². The van der Waals surface area contributed by atoms with Crippen LogP contribution in [0.3, 0.4) is 0 Å². The monoisotopic (exact) mass is 224 g/mol. The largest absolute Gasteiger partial charge is 0.462 e. The van der Waals surface area contributed by atoms with Gasteiger partial charge in [0.15, 0.2) is 0 Å². The van der Waals surface area contributed by atoms with E-state index in [9.17, 15) is 0 Å². The van der Waals surface area contributed by atoms with Gasteiger partial charge in [-0.1, -0.05) is 6.07 Å². The number of hydrogen-bond acceptors (Lipinski definition) is 4. The molecule has 2 N–H and O–H groups in total. The predicted octanol–water partition coefficient (Wildman–Crippen LogP) is 1.90. The molecule has 0 aliphatic carbocycles. The molecule has 0 saturated heterocycles. The van der Waals surface area contributed by atoms with Crippen molar-refractivity contribution in [2.24, 2.45) is 0 Å². The lowest BCUT2D eigenvalue weighted by molar-refractivity contribution is 0.117. The number of thiophene rings is 1. The van der Waals surface area contributed by atoms with Gasteiger partial charge in [0.2, 0.25) is 0 Å². The summed E-state index contributed by atoms with van der Waals surface area (Å²) in [7, 11) is 0. The number of aliphatic hydroxyl groups excluding tert-OH is 1. The standard InChI is InChI=1S/C10H12N2O2S/c1-7(13)6-14-10-11-5-8(12-10)9-3-2-4-15-9/h2-5,7,13H,6H2,1H3,(H,11,12). The molecular formula is C10H12N2O2S. The molecule has 0 amide bonds. The molecule has 80 valence electrons. The Morgan fingerprint density at radius 1 is 1.67 bits per heavy atom. The molecule has 2 aromatic rings. The van der Waals surface area contributed by atoms with Crippen LogP contribution >= 0.6 is 11.3 Å². The molecule has 0 aliphatic rings. The molecule has 0 saturated carbocycles. The Hall–Kier alpha value is -1.33. The number of aromatic nitrogens is 2. The molecule has 0 aliphatic heterocycles. The van der Waals surface area contributed by atoms with Crippen molar-refractivity contribution in [3.05, 3.63) is 23.7 Å². The summed E-state index contributed by atoms with van der Waals surface area (Å²) in [5.41, 5.74) is 0.936. The Bertz CT molecular complexity index is 409. The number of ether oxygens (including phenoxy) is 1. The smallest absolute Gasteiger partial charge is 0.294 e. The number of nitrogens with one attached hydrogen (secondary N) is 1. The van der Waals surface area contributed by atoms with Crippen molar-refractivity contribution >= 4 is 11.3 Å². The van der Waals surface area contributed by atoms with Gasteiger partial charge in [-0.3, -0.25) is 0 Å². The predicted molar refractivity (Wildman–Crippen MR) is 59.1 cm³/mol. The first-order valence-electron chi connectivity index (χ1n) is 4.65. The minimum Gasteiger partial charge on any atom is -0.462 e. The zero-order valence-corrected chi connectivity index (χ0v) is 9.12. The first-order chi connectivity index (χ1) is 7.25. The van der Waals surface area contributed by atoms with Crippen LogP contribution in [0.4, 0.5) is 0 Å².